The summed E-state index contributed by atoms with van der Waals surface area (Å²) in [6.07, 6.45) is 12.8. The maximum Gasteiger partial charge on any atom is 0.435 e. The van der Waals surface area contributed by atoms with Gasteiger partial charge in [-0.1, -0.05) is 56.6 Å². The number of allylic oxidation sites excluding steroid dienone is 3. The molecule has 4 aromatic rings. The number of carboxylic acid groups (broad SMARTS) is 1. The fourth-order valence-electron chi connectivity index (χ4n) is 5.55. The molecular weight excluding hydrogens is 702 g/mol. The minimum Gasteiger partial charge on any atom is -0.481 e. The summed E-state index contributed by atoms with van der Waals surface area (Å²) in [5, 5.41) is 11.8. The summed E-state index contributed by atoms with van der Waals surface area (Å²) in [5.41, 5.74) is 9.40. The molecule has 1 aliphatic rings. The van der Waals surface area contributed by atoms with Gasteiger partial charge in [-0.25, -0.2) is 14.8 Å². The summed E-state index contributed by atoms with van der Waals surface area (Å²) in [5.74, 6) is -0.416. The first kappa shape index (κ1) is 41.4. The molecule has 0 radical (unpaired) electrons. The Morgan fingerprint density at radius 1 is 1.00 bits per heavy atom. The van der Waals surface area contributed by atoms with Gasteiger partial charge in [-0.15, -0.1) is 0 Å². The van der Waals surface area contributed by atoms with Gasteiger partial charge in [0.2, 0.25) is 0 Å². The lowest BCUT2D eigenvalue weighted by Crippen LogP contribution is -2.34. The van der Waals surface area contributed by atoms with E-state index in [0.29, 0.717) is 42.0 Å². The number of carbonyl (C=O) groups excluding carboxylic acids is 3. The number of pyridine rings is 1. The van der Waals surface area contributed by atoms with Crippen molar-refractivity contribution in [1.29, 1.82) is 0 Å². The molecule has 14 nitrogen and oxygen atoms in total. The Labute approximate surface area is 320 Å². The van der Waals surface area contributed by atoms with E-state index in [0.717, 1.165) is 42.7 Å². The van der Waals surface area contributed by atoms with Gasteiger partial charge in [-0.3, -0.25) is 19.3 Å². The number of anilines is 2. The van der Waals surface area contributed by atoms with E-state index in [2.05, 4.69) is 22.2 Å². The highest BCUT2D eigenvalue weighted by molar-refractivity contribution is 6.07. The predicted octanol–water partition coefficient (Wildman–Crippen LogP) is 6.81. The highest BCUT2D eigenvalue weighted by Gasteiger charge is 2.21. The molecule has 0 fully saturated rings. The van der Waals surface area contributed by atoms with E-state index >= 15 is 0 Å². The molecule has 1 unspecified atom stereocenters. The summed E-state index contributed by atoms with van der Waals surface area (Å²) < 4.78 is 12.1. The Morgan fingerprint density at radius 2 is 1.78 bits per heavy atom. The van der Waals surface area contributed by atoms with E-state index in [9.17, 15) is 19.2 Å². The topological polar surface area (TPSA) is 191 Å². The summed E-state index contributed by atoms with van der Waals surface area (Å²) in [7, 11) is 1.91. The van der Waals surface area contributed by atoms with Crippen LogP contribution in [0.2, 0.25) is 0 Å². The van der Waals surface area contributed by atoms with Gasteiger partial charge in [0.25, 0.3) is 5.91 Å². The molecule has 290 valence electrons. The van der Waals surface area contributed by atoms with Crippen molar-refractivity contribution in [3.8, 4) is 0 Å². The third-order valence-corrected chi connectivity index (χ3v) is 8.60. The second-order valence-electron chi connectivity index (χ2n) is 12.6. The number of carbonyl (C=O) groups is 4. The number of carboxylic acids is 1. The smallest absolute Gasteiger partial charge is 0.435 e. The third-order valence-electron chi connectivity index (χ3n) is 8.60. The summed E-state index contributed by atoms with van der Waals surface area (Å²) in [6.45, 7) is 5.02. The fourth-order valence-corrected chi connectivity index (χ4v) is 5.55. The SMILES string of the molecule is CCCCCCOC(=O)/N=C(/N)c1ccc(NCc2nc3cc(C(=O)N(CCC(=O)OCC)c4ccccn4)ccc3n2C)cc1.O=C(O)C1C=CC=CC1. The van der Waals surface area contributed by atoms with E-state index in [1.165, 1.54) is 4.90 Å². The van der Waals surface area contributed by atoms with Crippen LogP contribution < -0.4 is 16.0 Å². The zero-order valence-corrected chi connectivity index (χ0v) is 31.5. The normalized spacial score (nSPS) is 13.4. The highest BCUT2D eigenvalue weighted by atomic mass is 16.5. The number of fused-ring (bicyclic) bond motifs is 1. The minimum atomic E-state index is -0.740. The maximum absolute atomic E-state index is 13.6. The molecule has 0 aliphatic heterocycles. The first-order valence-corrected chi connectivity index (χ1v) is 18.4. The number of aromatic nitrogens is 3. The first-order chi connectivity index (χ1) is 26.6. The van der Waals surface area contributed by atoms with Crippen LogP contribution in [-0.4, -0.2) is 69.2 Å². The standard InChI is InChI=1S/C34H41N7O5.C7H8O2/c1-4-6-7-10-21-46-34(44)39-32(35)24-12-15-26(16-13-24)37-23-30-38-27-22-25(14-17-28(27)40(30)3)33(43)41(20-18-31(42)45-5-2)29-11-8-9-19-36-29;8-7(9)6-4-2-1-3-5-6/h8-9,11-17,19,22,37H,4-7,10,18,20-21,23H2,1-3H3,(H2,35,39,44);1-4,6H,5H2,(H,8,9). The van der Waals surface area contributed by atoms with Crippen molar-refractivity contribution >= 4 is 52.3 Å². The van der Waals surface area contributed by atoms with Crippen LogP contribution in [0, 0.1) is 5.92 Å². The predicted molar refractivity (Wildman–Crippen MR) is 212 cm³/mol. The van der Waals surface area contributed by atoms with Crippen LogP contribution in [0.3, 0.4) is 0 Å². The van der Waals surface area contributed by atoms with Crippen LogP contribution in [0.15, 0.2) is 96.2 Å². The van der Waals surface area contributed by atoms with Gasteiger partial charge in [-0.05, 0) is 74.4 Å². The number of amides is 2. The fraction of sp³-hybridized carbons (Fsp3) is 0.341. The number of rotatable bonds is 16. The van der Waals surface area contributed by atoms with Crippen LogP contribution in [0.4, 0.5) is 16.3 Å². The highest BCUT2D eigenvalue weighted by Crippen LogP contribution is 2.22. The monoisotopic (exact) mass is 751 g/mol. The molecule has 2 aromatic carbocycles. The second-order valence-corrected chi connectivity index (χ2v) is 12.6. The number of ether oxygens (including phenoxy) is 2. The number of unbranched alkanes of at least 4 members (excludes halogenated alkanes) is 3. The molecule has 0 saturated heterocycles. The molecule has 0 saturated carbocycles. The molecule has 2 heterocycles. The Kier molecular flexibility index (Phi) is 16.1. The van der Waals surface area contributed by atoms with Gasteiger partial charge in [0.05, 0.1) is 43.1 Å². The zero-order valence-electron chi connectivity index (χ0n) is 31.5. The molecule has 4 N–H and O–H groups in total. The summed E-state index contributed by atoms with van der Waals surface area (Å²) >= 11 is 0. The van der Waals surface area contributed by atoms with Crippen LogP contribution in [0.1, 0.15) is 74.1 Å². The molecule has 0 bridgehead atoms. The van der Waals surface area contributed by atoms with E-state index in [-0.39, 0.29) is 43.2 Å². The van der Waals surface area contributed by atoms with Crippen molar-refractivity contribution in [1.82, 2.24) is 14.5 Å². The number of aliphatic carboxylic acids is 1. The molecule has 5 rings (SSSR count). The lowest BCUT2D eigenvalue weighted by Gasteiger charge is -2.21. The third kappa shape index (κ3) is 12.7. The Morgan fingerprint density at radius 3 is 2.44 bits per heavy atom. The number of hydrogen-bond acceptors (Lipinski definition) is 9. The van der Waals surface area contributed by atoms with E-state index in [1.807, 2.05) is 42.0 Å². The quantitative estimate of drug-likeness (QED) is 0.0472. The van der Waals surface area contributed by atoms with Crippen molar-refractivity contribution in [3.63, 3.8) is 0 Å². The van der Waals surface area contributed by atoms with E-state index < -0.39 is 12.1 Å². The Balaban J connectivity index is 0.000000654. The summed E-state index contributed by atoms with van der Waals surface area (Å²) in [4.78, 5) is 62.3. The minimum absolute atomic E-state index is 0.0455. The zero-order chi connectivity index (χ0) is 39.6. The van der Waals surface area contributed by atoms with Crippen molar-refractivity contribution < 1.29 is 33.8 Å². The van der Waals surface area contributed by atoms with Crippen LogP contribution in [0.5, 0.6) is 0 Å². The largest absolute Gasteiger partial charge is 0.481 e. The van der Waals surface area contributed by atoms with Gasteiger partial charge in [0, 0.05) is 36.6 Å². The van der Waals surface area contributed by atoms with Crippen molar-refractivity contribution in [3.05, 3.63) is 108 Å². The van der Waals surface area contributed by atoms with Crippen LogP contribution in [0.25, 0.3) is 11.0 Å². The van der Waals surface area contributed by atoms with Crippen molar-refractivity contribution in [2.75, 3.05) is 30.0 Å². The number of aryl methyl sites for hydroxylation is 1. The summed E-state index contributed by atoms with van der Waals surface area (Å²) in [6, 6.07) is 17.9. The number of imidazole rings is 1. The van der Waals surface area contributed by atoms with Crippen LogP contribution in [-0.2, 0) is 32.7 Å². The average molecular weight is 752 g/mol. The van der Waals surface area contributed by atoms with Crippen LogP contribution >= 0.6 is 0 Å². The second kappa shape index (κ2) is 21.4. The Hall–Kier alpha value is -6.31. The van der Waals surface area contributed by atoms with Crippen molar-refractivity contribution in [2.45, 2.75) is 58.9 Å². The average Bonchev–Trinajstić information content (AvgIpc) is 3.52. The number of nitrogens with one attached hydrogen (secondary N) is 1. The van der Waals surface area contributed by atoms with Gasteiger partial charge < -0.3 is 30.2 Å². The lowest BCUT2D eigenvalue weighted by molar-refractivity contribution is -0.143. The maximum atomic E-state index is 13.6. The molecule has 1 atom stereocenters. The van der Waals surface area contributed by atoms with Gasteiger partial charge in [0.1, 0.15) is 17.5 Å². The number of aliphatic imine (C=N–C) groups is 1. The van der Waals surface area contributed by atoms with Gasteiger partial charge in [-0.2, -0.15) is 4.99 Å². The molecule has 2 aromatic heterocycles. The first-order valence-electron chi connectivity index (χ1n) is 18.4. The molecule has 2 amide bonds. The molecule has 1 aliphatic carbocycles. The molecular formula is C41H49N7O7. The molecule has 0 spiro atoms. The number of nitrogens with two attached hydrogens (primary N) is 1. The molecule has 55 heavy (non-hydrogen) atoms. The number of amidine groups is 1. The molecule has 14 heteroatoms. The number of benzene rings is 2. The van der Waals surface area contributed by atoms with Crippen molar-refractivity contribution in [2.24, 2.45) is 23.7 Å². The van der Waals surface area contributed by atoms with E-state index in [4.69, 9.17) is 25.3 Å². The number of nitrogens with zero attached hydrogens (tertiary/aromatic N) is 5. The van der Waals surface area contributed by atoms with E-state index in [1.54, 1.807) is 67.7 Å². The van der Waals surface area contributed by atoms with Gasteiger partial charge in [0.15, 0.2) is 0 Å². The number of hydrogen-bond donors (Lipinski definition) is 3. The lowest BCUT2D eigenvalue weighted by atomic mass is 10.0. The number of esters is 1. The van der Waals surface area contributed by atoms with Gasteiger partial charge >= 0.3 is 18.0 Å². The Bertz CT molecular complexity index is 1990.